The van der Waals surface area contributed by atoms with Crippen LogP contribution in [-0.2, 0) is 17.7 Å². The molecule has 2 heterocycles. The number of rotatable bonds is 8. The van der Waals surface area contributed by atoms with Gasteiger partial charge in [-0.3, -0.25) is 0 Å². The van der Waals surface area contributed by atoms with Crippen LogP contribution in [0.4, 0.5) is 0 Å². The van der Waals surface area contributed by atoms with Gasteiger partial charge in [-0.1, -0.05) is 18.2 Å². The zero-order valence-electron chi connectivity index (χ0n) is 16.6. The van der Waals surface area contributed by atoms with Gasteiger partial charge in [0, 0.05) is 30.0 Å². The van der Waals surface area contributed by atoms with Crippen LogP contribution in [0.5, 0.6) is 5.75 Å². The topological polar surface area (TPSA) is 54.9 Å². The highest BCUT2D eigenvalue weighted by Crippen LogP contribution is 2.24. The van der Waals surface area contributed by atoms with E-state index in [-0.39, 0.29) is 30.1 Å². The Labute approximate surface area is 189 Å². The zero-order chi connectivity index (χ0) is 18.9. The lowest BCUT2D eigenvalue weighted by Gasteiger charge is -2.16. The average Bonchev–Trinajstić information content (AvgIpc) is 3.35. The zero-order valence-corrected chi connectivity index (χ0v) is 19.7. The molecule has 0 amide bonds. The van der Waals surface area contributed by atoms with Crippen LogP contribution in [0.2, 0.25) is 0 Å². The van der Waals surface area contributed by atoms with Crippen molar-refractivity contribution < 1.29 is 9.47 Å². The number of nitrogens with one attached hydrogen (secondary N) is 2. The number of aryl methyl sites for hydroxylation is 1. The van der Waals surface area contributed by atoms with Gasteiger partial charge >= 0.3 is 0 Å². The van der Waals surface area contributed by atoms with Crippen molar-refractivity contribution in [3.63, 3.8) is 0 Å². The number of thiophene rings is 1. The minimum absolute atomic E-state index is 0. The second-order valence-electron chi connectivity index (χ2n) is 6.67. The summed E-state index contributed by atoms with van der Waals surface area (Å²) in [5, 5.41) is 8.85. The van der Waals surface area contributed by atoms with E-state index in [2.05, 4.69) is 60.2 Å². The van der Waals surface area contributed by atoms with E-state index >= 15 is 0 Å². The van der Waals surface area contributed by atoms with Crippen LogP contribution in [0.1, 0.15) is 29.3 Å². The largest absolute Gasteiger partial charge is 0.488 e. The third-order valence-electron chi connectivity index (χ3n) is 4.40. The lowest BCUT2D eigenvalue weighted by atomic mass is 10.1. The number of ether oxygens (including phenoxy) is 2. The van der Waals surface area contributed by atoms with Gasteiger partial charge in [-0.05, 0) is 43.3 Å². The summed E-state index contributed by atoms with van der Waals surface area (Å²) in [6.07, 6.45) is 2.10. The molecule has 1 fully saturated rings. The minimum Gasteiger partial charge on any atom is -0.488 e. The Hall–Kier alpha value is -1.32. The van der Waals surface area contributed by atoms with Crippen LogP contribution in [0, 0.1) is 6.92 Å². The average molecular weight is 515 g/mol. The Kier molecular flexibility index (Phi) is 10.1. The molecule has 3 rings (SSSR count). The molecule has 7 heteroatoms. The first-order valence-electron chi connectivity index (χ1n) is 9.63. The number of guanidine groups is 1. The quantitative estimate of drug-likeness (QED) is 0.315. The summed E-state index contributed by atoms with van der Waals surface area (Å²) in [5.41, 5.74) is 2.29. The first-order valence-corrected chi connectivity index (χ1v) is 10.5. The fraction of sp³-hybridized carbons (Fsp3) is 0.476. The molecular formula is C21H30IN3O2S. The summed E-state index contributed by atoms with van der Waals surface area (Å²) in [7, 11) is 0. The van der Waals surface area contributed by atoms with E-state index in [9.17, 15) is 0 Å². The molecule has 5 nitrogen and oxygen atoms in total. The summed E-state index contributed by atoms with van der Waals surface area (Å²) in [6, 6.07) is 10.6. The van der Waals surface area contributed by atoms with Crippen molar-refractivity contribution in [1.29, 1.82) is 0 Å². The summed E-state index contributed by atoms with van der Waals surface area (Å²) < 4.78 is 11.6. The molecule has 1 aliphatic rings. The number of nitrogens with zero attached hydrogens (tertiary/aromatic N) is 1. The predicted molar refractivity (Wildman–Crippen MR) is 127 cm³/mol. The second kappa shape index (κ2) is 12.3. The molecule has 1 saturated heterocycles. The van der Waals surface area contributed by atoms with Crippen LogP contribution in [0.15, 0.2) is 40.7 Å². The number of halogens is 1. The molecular weight excluding hydrogens is 485 g/mol. The molecule has 1 aliphatic heterocycles. The predicted octanol–water partition coefficient (Wildman–Crippen LogP) is 4.14. The summed E-state index contributed by atoms with van der Waals surface area (Å²) in [5.74, 6) is 1.76. The van der Waals surface area contributed by atoms with Crippen LogP contribution >= 0.6 is 35.3 Å². The van der Waals surface area contributed by atoms with E-state index in [0.29, 0.717) is 13.2 Å². The SMILES string of the molecule is CCNC(=NCc1ccc(C)cc1OC1CCOC1)NCCc1cccs1.I. The van der Waals surface area contributed by atoms with Gasteiger partial charge in [-0.25, -0.2) is 4.99 Å². The Morgan fingerprint density at radius 2 is 2.21 bits per heavy atom. The molecule has 0 radical (unpaired) electrons. The van der Waals surface area contributed by atoms with Gasteiger partial charge in [-0.15, -0.1) is 35.3 Å². The van der Waals surface area contributed by atoms with E-state index < -0.39 is 0 Å². The first kappa shape index (κ1) is 23.0. The lowest BCUT2D eigenvalue weighted by molar-refractivity contribution is 0.140. The molecule has 0 saturated carbocycles. The maximum atomic E-state index is 6.18. The molecule has 1 atom stereocenters. The van der Waals surface area contributed by atoms with Crippen LogP contribution in [-0.4, -0.2) is 38.4 Å². The highest BCUT2D eigenvalue weighted by Gasteiger charge is 2.18. The van der Waals surface area contributed by atoms with Gasteiger partial charge in [0.2, 0.25) is 0 Å². The van der Waals surface area contributed by atoms with Crippen LogP contribution in [0.3, 0.4) is 0 Å². The van der Waals surface area contributed by atoms with Crippen LogP contribution in [0.25, 0.3) is 0 Å². The third-order valence-corrected chi connectivity index (χ3v) is 5.34. The van der Waals surface area contributed by atoms with Gasteiger partial charge in [0.25, 0.3) is 0 Å². The monoisotopic (exact) mass is 515 g/mol. The molecule has 2 aromatic rings. The Morgan fingerprint density at radius 3 is 2.93 bits per heavy atom. The Balaban J connectivity index is 0.00000280. The van der Waals surface area contributed by atoms with Crippen molar-refractivity contribution in [1.82, 2.24) is 10.6 Å². The standard InChI is InChI=1S/C21H29N3O2S.HI/c1-3-22-21(23-10-8-19-5-4-12-27-19)24-14-17-7-6-16(2)13-20(17)26-18-9-11-25-15-18;/h4-7,12-13,18H,3,8-11,14-15H2,1-2H3,(H2,22,23,24);1H. The number of benzene rings is 1. The Morgan fingerprint density at radius 1 is 1.32 bits per heavy atom. The van der Waals surface area contributed by atoms with E-state index in [1.807, 2.05) is 0 Å². The maximum absolute atomic E-state index is 6.18. The van der Waals surface area contributed by atoms with E-state index in [1.165, 1.54) is 10.4 Å². The number of hydrogen-bond acceptors (Lipinski definition) is 4. The fourth-order valence-corrected chi connectivity index (χ4v) is 3.66. The number of hydrogen-bond donors (Lipinski definition) is 2. The van der Waals surface area contributed by atoms with Crippen molar-refractivity contribution in [2.45, 2.75) is 39.3 Å². The summed E-state index contributed by atoms with van der Waals surface area (Å²) in [4.78, 5) is 6.13. The van der Waals surface area contributed by atoms with E-state index in [4.69, 9.17) is 14.5 Å². The normalized spacial score (nSPS) is 16.5. The number of aliphatic imine (C=N–C) groups is 1. The molecule has 0 spiro atoms. The minimum atomic E-state index is 0. The van der Waals surface area contributed by atoms with Crippen molar-refractivity contribution in [3.05, 3.63) is 51.7 Å². The lowest BCUT2D eigenvalue weighted by Crippen LogP contribution is -2.38. The van der Waals surface area contributed by atoms with Crippen molar-refractivity contribution >= 4 is 41.3 Å². The van der Waals surface area contributed by atoms with E-state index in [1.54, 1.807) is 11.3 Å². The second-order valence-corrected chi connectivity index (χ2v) is 7.70. The van der Waals surface area contributed by atoms with Gasteiger partial charge in [0.15, 0.2) is 5.96 Å². The first-order chi connectivity index (χ1) is 13.2. The smallest absolute Gasteiger partial charge is 0.191 e. The molecule has 154 valence electrons. The highest BCUT2D eigenvalue weighted by molar-refractivity contribution is 14.0. The van der Waals surface area contributed by atoms with Gasteiger partial charge < -0.3 is 20.1 Å². The summed E-state index contributed by atoms with van der Waals surface area (Å²) in [6.45, 7) is 7.90. The van der Waals surface area contributed by atoms with Crippen LogP contribution < -0.4 is 15.4 Å². The Bertz CT molecular complexity index is 731. The van der Waals surface area contributed by atoms with Gasteiger partial charge in [0.1, 0.15) is 11.9 Å². The molecule has 0 aliphatic carbocycles. The molecule has 28 heavy (non-hydrogen) atoms. The maximum Gasteiger partial charge on any atom is 0.191 e. The molecule has 1 aromatic carbocycles. The van der Waals surface area contributed by atoms with Gasteiger partial charge in [0.05, 0.1) is 19.8 Å². The summed E-state index contributed by atoms with van der Waals surface area (Å²) >= 11 is 1.79. The molecule has 0 bridgehead atoms. The molecule has 1 aromatic heterocycles. The molecule has 2 N–H and O–H groups in total. The van der Waals surface area contributed by atoms with Gasteiger partial charge in [-0.2, -0.15) is 0 Å². The van der Waals surface area contributed by atoms with E-state index in [0.717, 1.165) is 49.8 Å². The van der Waals surface area contributed by atoms with Crippen molar-refractivity contribution in [2.75, 3.05) is 26.3 Å². The highest BCUT2D eigenvalue weighted by atomic mass is 127. The third kappa shape index (κ3) is 7.25. The molecule has 1 unspecified atom stereocenters. The van der Waals surface area contributed by atoms with Crippen molar-refractivity contribution in [2.24, 2.45) is 4.99 Å². The fourth-order valence-electron chi connectivity index (χ4n) is 2.95. The van der Waals surface area contributed by atoms with Crippen molar-refractivity contribution in [3.8, 4) is 5.75 Å².